The summed E-state index contributed by atoms with van der Waals surface area (Å²) in [5.74, 6) is -0.0926. The van der Waals surface area contributed by atoms with Crippen LogP contribution in [-0.4, -0.2) is 29.0 Å². The summed E-state index contributed by atoms with van der Waals surface area (Å²) in [6.45, 7) is 2.00. The number of amides is 3. The Morgan fingerprint density at radius 2 is 1.65 bits per heavy atom. The minimum atomic E-state index is -0.970. The molecule has 6 nitrogen and oxygen atoms in total. The van der Waals surface area contributed by atoms with E-state index in [0.29, 0.717) is 35.5 Å². The third-order valence-electron chi connectivity index (χ3n) is 7.14. The van der Waals surface area contributed by atoms with Gasteiger partial charge in [-0.15, -0.1) is 11.8 Å². The van der Waals surface area contributed by atoms with Crippen molar-refractivity contribution in [3.63, 3.8) is 0 Å². The lowest BCUT2D eigenvalue weighted by molar-refractivity contribution is -0.123. The minimum absolute atomic E-state index is 0.0117. The predicted molar refractivity (Wildman–Crippen MR) is 149 cm³/mol. The van der Waals surface area contributed by atoms with Crippen molar-refractivity contribution in [1.82, 2.24) is 5.32 Å². The monoisotopic (exact) mass is 513 g/mol. The van der Waals surface area contributed by atoms with Crippen molar-refractivity contribution in [1.29, 1.82) is 0 Å². The van der Waals surface area contributed by atoms with E-state index in [1.807, 2.05) is 67.6 Å². The van der Waals surface area contributed by atoms with Crippen molar-refractivity contribution in [2.45, 2.75) is 49.9 Å². The normalized spacial score (nSPS) is 18.9. The predicted octanol–water partition coefficient (Wildman–Crippen LogP) is 5.85. The van der Waals surface area contributed by atoms with E-state index in [0.717, 1.165) is 30.4 Å². The van der Waals surface area contributed by atoms with Gasteiger partial charge in [0, 0.05) is 16.9 Å². The Morgan fingerprint density at radius 1 is 0.919 bits per heavy atom. The van der Waals surface area contributed by atoms with Crippen LogP contribution in [0.1, 0.15) is 59.0 Å². The van der Waals surface area contributed by atoms with Gasteiger partial charge in [-0.2, -0.15) is 0 Å². The topological polar surface area (TPSA) is 78.5 Å². The van der Waals surface area contributed by atoms with Crippen LogP contribution >= 0.6 is 11.8 Å². The van der Waals surface area contributed by atoms with E-state index in [1.165, 1.54) is 0 Å². The van der Waals surface area contributed by atoms with Gasteiger partial charge in [-0.05, 0) is 55.7 Å². The summed E-state index contributed by atoms with van der Waals surface area (Å²) in [4.78, 5) is 41.6. The fraction of sp³-hybridized carbons (Fsp3) is 0.300. The summed E-state index contributed by atoms with van der Waals surface area (Å²) < 4.78 is 0. The van der Waals surface area contributed by atoms with Crippen LogP contribution in [0.2, 0.25) is 0 Å². The largest absolute Gasteiger partial charge is 0.338 e. The maximum atomic E-state index is 13.5. The maximum absolute atomic E-state index is 13.5. The molecule has 2 aliphatic rings. The van der Waals surface area contributed by atoms with Crippen molar-refractivity contribution in [3.8, 4) is 0 Å². The molecule has 190 valence electrons. The summed E-state index contributed by atoms with van der Waals surface area (Å²) >= 11 is 1.58. The van der Waals surface area contributed by atoms with E-state index in [2.05, 4.69) is 10.6 Å². The van der Waals surface area contributed by atoms with E-state index < -0.39 is 5.54 Å². The highest BCUT2D eigenvalue weighted by atomic mass is 32.2. The van der Waals surface area contributed by atoms with Gasteiger partial charge < -0.3 is 10.6 Å². The van der Waals surface area contributed by atoms with Gasteiger partial charge in [-0.1, -0.05) is 73.4 Å². The van der Waals surface area contributed by atoms with Gasteiger partial charge >= 0.3 is 0 Å². The zero-order valence-corrected chi connectivity index (χ0v) is 21.7. The molecule has 3 aromatic rings. The lowest BCUT2D eigenvalue weighted by Crippen LogP contribution is -2.57. The van der Waals surface area contributed by atoms with Gasteiger partial charge in [0.15, 0.2) is 0 Å². The molecule has 1 aliphatic carbocycles. The van der Waals surface area contributed by atoms with Gasteiger partial charge in [0.05, 0.1) is 5.75 Å². The first-order valence-corrected chi connectivity index (χ1v) is 13.8. The molecule has 1 saturated heterocycles. The fourth-order valence-corrected chi connectivity index (χ4v) is 6.28. The van der Waals surface area contributed by atoms with Crippen LogP contribution in [0.4, 0.5) is 11.4 Å². The molecule has 1 heterocycles. The Bertz CT molecular complexity index is 1290. The number of rotatable bonds is 6. The number of carbonyl (C=O) groups excluding carboxylic acids is 3. The molecule has 0 aromatic heterocycles. The Kier molecular flexibility index (Phi) is 7.33. The molecule has 0 unspecified atom stereocenters. The number of hydrogen-bond donors (Lipinski definition) is 2. The van der Waals surface area contributed by atoms with Gasteiger partial charge in [0.2, 0.25) is 11.8 Å². The van der Waals surface area contributed by atoms with Crippen LogP contribution < -0.4 is 15.5 Å². The Morgan fingerprint density at radius 3 is 2.38 bits per heavy atom. The first-order valence-electron chi connectivity index (χ1n) is 12.7. The second-order valence-electron chi connectivity index (χ2n) is 9.81. The Hall–Kier alpha value is -3.58. The molecule has 1 saturated carbocycles. The van der Waals surface area contributed by atoms with Crippen molar-refractivity contribution >= 4 is 40.9 Å². The van der Waals surface area contributed by atoms with Crippen molar-refractivity contribution in [2.75, 3.05) is 16.0 Å². The van der Waals surface area contributed by atoms with Gasteiger partial charge in [0.1, 0.15) is 10.9 Å². The number of benzene rings is 3. The molecule has 3 aromatic carbocycles. The Labute approximate surface area is 221 Å². The van der Waals surface area contributed by atoms with E-state index in [1.54, 1.807) is 34.9 Å². The molecule has 1 atom stereocenters. The highest BCUT2D eigenvalue weighted by Gasteiger charge is 2.41. The summed E-state index contributed by atoms with van der Waals surface area (Å²) in [5.41, 5.74) is 3.02. The molecule has 1 aliphatic heterocycles. The molecule has 0 spiro atoms. The lowest BCUT2D eigenvalue weighted by Gasteiger charge is -2.36. The molecular weight excluding hydrogens is 482 g/mol. The number of nitrogens with one attached hydrogen (secondary N) is 2. The molecule has 3 amide bonds. The summed E-state index contributed by atoms with van der Waals surface area (Å²) in [7, 11) is 0. The molecule has 7 heteroatoms. The highest BCUT2D eigenvalue weighted by molar-refractivity contribution is 8.00. The van der Waals surface area contributed by atoms with E-state index in [9.17, 15) is 14.4 Å². The average Bonchev–Trinajstić information content (AvgIpc) is 3.32. The molecule has 5 rings (SSSR count). The summed E-state index contributed by atoms with van der Waals surface area (Å²) in [6, 6.07) is 24.7. The summed E-state index contributed by atoms with van der Waals surface area (Å²) in [5, 5.41) is 5.96. The maximum Gasteiger partial charge on any atom is 0.252 e. The third-order valence-corrected chi connectivity index (χ3v) is 8.36. The second kappa shape index (κ2) is 10.8. The molecular formula is C30H31N3O3S. The number of nitrogens with zero attached hydrogens (tertiary/aromatic N) is 1. The van der Waals surface area contributed by atoms with Gasteiger partial charge in [-0.3, -0.25) is 19.3 Å². The minimum Gasteiger partial charge on any atom is -0.338 e. The number of thioether (sulfide) groups is 1. The highest BCUT2D eigenvalue weighted by Crippen LogP contribution is 2.42. The number of aryl methyl sites for hydroxylation is 1. The van der Waals surface area contributed by atoms with Crippen molar-refractivity contribution in [3.05, 3.63) is 95.6 Å². The van der Waals surface area contributed by atoms with Crippen LogP contribution in [0, 0.1) is 6.92 Å². The van der Waals surface area contributed by atoms with Crippen molar-refractivity contribution in [2.24, 2.45) is 0 Å². The van der Waals surface area contributed by atoms with Crippen LogP contribution in [-0.2, 0) is 9.59 Å². The number of anilines is 2. The molecule has 2 N–H and O–H groups in total. The van der Waals surface area contributed by atoms with Crippen LogP contribution in [0.3, 0.4) is 0 Å². The quantitative estimate of drug-likeness (QED) is 0.434. The molecule has 0 radical (unpaired) electrons. The Balaban J connectivity index is 1.38. The smallest absolute Gasteiger partial charge is 0.252 e. The standard InChI is InChI=1S/C30H31N3O3S/c1-21-13-15-24(16-14-21)31-29(36)30(17-6-3-7-18-30)32-27(35)23-11-8-12-25(19-23)33-26(34)20-37-28(33)22-9-4-2-5-10-22/h2,4-5,8-16,19,28H,3,6-7,17-18,20H2,1H3,(H,31,36)(H,32,35)/t28-/m1/s1. The lowest BCUT2D eigenvalue weighted by atomic mass is 9.80. The second-order valence-corrected chi connectivity index (χ2v) is 10.9. The van der Waals surface area contributed by atoms with Crippen molar-refractivity contribution < 1.29 is 14.4 Å². The average molecular weight is 514 g/mol. The van der Waals surface area contributed by atoms with E-state index in [-0.39, 0.29) is 23.1 Å². The van der Waals surface area contributed by atoms with Crippen LogP contribution in [0.25, 0.3) is 0 Å². The SMILES string of the molecule is Cc1ccc(NC(=O)C2(NC(=O)c3cccc(N4C(=O)CS[C@@H]4c4ccccc4)c3)CCCCC2)cc1. The molecule has 0 bridgehead atoms. The van der Waals surface area contributed by atoms with Crippen LogP contribution in [0.5, 0.6) is 0 Å². The first kappa shape index (κ1) is 25.1. The molecule has 2 fully saturated rings. The molecule has 37 heavy (non-hydrogen) atoms. The number of carbonyl (C=O) groups is 3. The van der Waals surface area contributed by atoms with Gasteiger partial charge in [0.25, 0.3) is 5.91 Å². The zero-order valence-electron chi connectivity index (χ0n) is 20.9. The van der Waals surface area contributed by atoms with E-state index in [4.69, 9.17) is 0 Å². The summed E-state index contributed by atoms with van der Waals surface area (Å²) in [6.07, 6.45) is 3.97. The zero-order chi connectivity index (χ0) is 25.8. The van der Waals surface area contributed by atoms with Gasteiger partial charge in [-0.25, -0.2) is 0 Å². The first-order chi connectivity index (χ1) is 17.9. The fourth-order valence-electron chi connectivity index (χ4n) is 5.11. The van der Waals surface area contributed by atoms with E-state index >= 15 is 0 Å². The third kappa shape index (κ3) is 5.42. The number of hydrogen-bond acceptors (Lipinski definition) is 4. The van der Waals surface area contributed by atoms with Crippen LogP contribution in [0.15, 0.2) is 78.9 Å².